The van der Waals surface area contributed by atoms with E-state index < -0.39 is 0 Å². The van der Waals surface area contributed by atoms with Crippen LogP contribution in [0.2, 0.25) is 0 Å². The molecule has 7 heteroatoms. The molecule has 0 unspecified atom stereocenters. The van der Waals surface area contributed by atoms with Crippen molar-refractivity contribution in [2.24, 2.45) is 13.0 Å². The average Bonchev–Trinajstić information content (AvgIpc) is 3.19. The van der Waals surface area contributed by atoms with Gasteiger partial charge in [-0.2, -0.15) is 5.10 Å². The van der Waals surface area contributed by atoms with Crippen molar-refractivity contribution >= 4 is 11.9 Å². The molecular weight excluding hydrogens is 318 g/mol. The molecule has 25 heavy (non-hydrogen) atoms. The second-order valence-corrected chi connectivity index (χ2v) is 6.84. The molecule has 140 valence electrons. The van der Waals surface area contributed by atoms with Gasteiger partial charge in [0.05, 0.1) is 11.7 Å². The molecule has 0 spiro atoms. The zero-order valence-electron chi connectivity index (χ0n) is 15.8. The van der Waals surface area contributed by atoms with Crippen LogP contribution in [-0.4, -0.2) is 34.8 Å². The highest BCUT2D eigenvalue weighted by Gasteiger charge is 2.22. The molecule has 1 heterocycles. The molecule has 1 aromatic rings. The molecule has 1 atom stereocenters. The van der Waals surface area contributed by atoms with Crippen molar-refractivity contribution in [1.29, 1.82) is 0 Å². The van der Waals surface area contributed by atoms with Crippen LogP contribution >= 0.6 is 0 Å². The van der Waals surface area contributed by atoms with Gasteiger partial charge < -0.3 is 16.0 Å². The number of aryl methyl sites for hydroxylation is 2. The molecule has 1 fully saturated rings. The molecule has 0 aliphatic heterocycles. The first-order valence-corrected chi connectivity index (χ1v) is 9.26. The van der Waals surface area contributed by atoms with Crippen LogP contribution in [0.15, 0.2) is 0 Å². The summed E-state index contributed by atoms with van der Waals surface area (Å²) in [6, 6.07) is -0.286. The molecule has 0 radical (unpaired) electrons. The van der Waals surface area contributed by atoms with Gasteiger partial charge >= 0.3 is 6.03 Å². The predicted molar refractivity (Wildman–Crippen MR) is 97.2 cm³/mol. The fourth-order valence-electron chi connectivity index (χ4n) is 3.58. The van der Waals surface area contributed by atoms with E-state index in [0.29, 0.717) is 13.1 Å². The monoisotopic (exact) mass is 349 g/mol. The number of nitrogens with one attached hydrogen (secondary N) is 3. The van der Waals surface area contributed by atoms with Gasteiger partial charge in [-0.25, -0.2) is 4.79 Å². The fourth-order valence-corrected chi connectivity index (χ4v) is 3.58. The van der Waals surface area contributed by atoms with Crippen LogP contribution in [0.5, 0.6) is 0 Å². The Morgan fingerprint density at radius 1 is 1.20 bits per heavy atom. The molecule has 1 aliphatic rings. The summed E-state index contributed by atoms with van der Waals surface area (Å²) in [4.78, 5) is 24.1. The van der Waals surface area contributed by atoms with E-state index in [0.717, 1.165) is 49.1 Å². The normalized spacial score (nSPS) is 15.8. The number of urea groups is 1. The smallest absolute Gasteiger partial charge is 0.315 e. The molecule has 3 amide bonds. The Morgan fingerprint density at radius 2 is 1.84 bits per heavy atom. The topological polar surface area (TPSA) is 88.1 Å². The molecule has 1 saturated carbocycles. The number of amides is 3. The third kappa shape index (κ3) is 4.96. The summed E-state index contributed by atoms with van der Waals surface area (Å²) in [7, 11) is 1.91. The van der Waals surface area contributed by atoms with Crippen molar-refractivity contribution in [2.45, 2.75) is 58.9 Å². The maximum atomic E-state index is 12.2. The quantitative estimate of drug-likeness (QED) is 0.659. The van der Waals surface area contributed by atoms with E-state index >= 15 is 0 Å². The van der Waals surface area contributed by atoms with Gasteiger partial charge in [-0.15, -0.1) is 0 Å². The average molecular weight is 349 g/mol. The standard InChI is InChI=1S/C18H31N5O2/c1-5-15(16-12(2)22-23(4)13(16)3)21-18(25)20-11-10-19-17(24)14-8-6-7-9-14/h14-15H,5-11H2,1-4H3,(H,19,24)(H2,20,21,25)/t15-/m0/s1. The summed E-state index contributed by atoms with van der Waals surface area (Å²) in [6.07, 6.45) is 5.05. The molecular formula is C18H31N5O2. The van der Waals surface area contributed by atoms with Crippen molar-refractivity contribution in [3.8, 4) is 0 Å². The van der Waals surface area contributed by atoms with Crippen molar-refractivity contribution in [1.82, 2.24) is 25.7 Å². The fraction of sp³-hybridized carbons (Fsp3) is 0.722. The first-order chi connectivity index (χ1) is 11.9. The van der Waals surface area contributed by atoms with E-state index in [2.05, 4.69) is 21.0 Å². The highest BCUT2D eigenvalue weighted by molar-refractivity contribution is 5.79. The molecule has 2 rings (SSSR count). The van der Waals surface area contributed by atoms with Gasteiger partial charge in [0.2, 0.25) is 5.91 Å². The minimum absolute atomic E-state index is 0.0678. The number of aromatic nitrogens is 2. The number of rotatable bonds is 7. The molecule has 1 aliphatic carbocycles. The van der Waals surface area contributed by atoms with E-state index in [1.165, 1.54) is 0 Å². The van der Waals surface area contributed by atoms with Gasteiger partial charge in [0, 0.05) is 37.3 Å². The third-order valence-corrected chi connectivity index (χ3v) is 5.06. The summed E-state index contributed by atoms with van der Waals surface area (Å²) in [5.74, 6) is 0.280. The number of hydrogen-bond donors (Lipinski definition) is 3. The van der Waals surface area contributed by atoms with E-state index in [9.17, 15) is 9.59 Å². The highest BCUT2D eigenvalue weighted by Crippen LogP contribution is 2.24. The van der Waals surface area contributed by atoms with Crippen LogP contribution in [0.3, 0.4) is 0 Å². The van der Waals surface area contributed by atoms with Crippen molar-refractivity contribution in [3.05, 3.63) is 17.0 Å². The van der Waals surface area contributed by atoms with Crippen LogP contribution in [0.1, 0.15) is 62.0 Å². The number of nitrogens with zero attached hydrogens (tertiary/aromatic N) is 2. The Labute approximate surface area is 149 Å². The second kappa shape index (κ2) is 8.87. The lowest BCUT2D eigenvalue weighted by Gasteiger charge is -2.18. The Kier molecular flexibility index (Phi) is 6.84. The van der Waals surface area contributed by atoms with Gasteiger partial charge in [-0.3, -0.25) is 9.48 Å². The van der Waals surface area contributed by atoms with Gasteiger partial charge in [-0.1, -0.05) is 19.8 Å². The molecule has 1 aromatic heterocycles. The van der Waals surface area contributed by atoms with Crippen LogP contribution in [0.4, 0.5) is 4.79 Å². The van der Waals surface area contributed by atoms with Gasteiger partial charge in [0.25, 0.3) is 0 Å². The van der Waals surface area contributed by atoms with Crippen molar-refractivity contribution in [2.75, 3.05) is 13.1 Å². The van der Waals surface area contributed by atoms with E-state index in [-0.39, 0.29) is 23.9 Å². The number of carbonyl (C=O) groups excluding carboxylic acids is 2. The SMILES string of the molecule is CC[C@H](NC(=O)NCCNC(=O)C1CCCC1)c1c(C)nn(C)c1C. The van der Waals surface area contributed by atoms with E-state index in [1.54, 1.807) is 0 Å². The van der Waals surface area contributed by atoms with Crippen LogP contribution < -0.4 is 16.0 Å². The van der Waals surface area contributed by atoms with Gasteiger partial charge in [-0.05, 0) is 33.1 Å². The van der Waals surface area contributed by atoms with E-state index in [1.807, 2.05) is 32.5 Å². The lowest BCUT2D eigenvalue weighted by molar-refractivity contribution is -0.124. The zero-order chi connectivity index (χ0) is 18.4. The molecule has 3 N–H and O–H groups in total. The van der Waals surface area contributed by atoms with Crippen molar-refractivity contribution < 1.29 is 9.59 Å². The Bertz CT molecular complexity index is 605. The van der Waals surface area contributed by atoms with Crippen LogP contribution in [-0.2, 0) is 11.8 Å². The lowest BCUT2D eigenvalue weighted by Crippen LogP contribution is -2.42. The van der Waals surface area contributed by atoms with Gasteiger partial charge in [0.1, 0.15) is 0 Å². The van der Waals surface area contributed by atoms with Crippen molar-refractivity contribution in [3.63, 3.8) is 0 Å². The molecule has 0 aromatic carbocycles. The predicted octanol–water partition coefficient (Wildman–Crippen LogP) is 2.09. The summed E-state index contributed by atoms with van der Waals surface area (Å²) in [6.45, 7) is 6.90. The number of hydrogen-bond acceptors (Lipinski definition) is 3. The zero-order valence-corrected chi connectivity index (χ0v) is 15.8. The minimum Gasteiger partial charge on any atom is -0.354 e. The Balaban J connectivity index is 1.75. The second-order valence-electron chi connectivity index (χ2n) is 6.84. The lowest BCUT2D eigenvalue weighted by atomic mass is 10.0. The first kappa shape index (κ1) is 19.3. The Morgan fingerprint density at radius 3 is 2.40 bits per heavy atom. The molecule has 7 nitrogen and oxygen atoms in total. The summed E-state index contributed by atoms with van der Waals surface area (Å²) >= 11 is 0. The van der Waals surface area contributed by atoms with Crippen LogP contribution in [0, 0.1) is 19.8 Å². The van der Waals surface area contributed by atoms with Gasteiger partial charge in [0.15, 0.2) is 0 Å². The summed E-state index contributed by atoms with van der Waals surface area (Å²) in [5.41, 5.74) is 3.08. The largest absolute Gasteiger partial charge is 0.354 e. The summed E-state index contributed by atoms with van der Waals surface area (Å²) in [5, 5.41) is 13.1. The molecule has 0 bridgehead atoms. The van der Waals surface area contributed by atoms with E-state index in [4.69, 9.17) is 0 Å². The molecule has 0 saturated heterocycles. The highest BCUT2D eigenvalue weighted by atomic mass is 16.2. The maximum absolute atomic E-state index is 12.2. The number of carbonyl (C=O) groups is 2. The Hall–Kier alpha value is -2.05. The summed E-state index contributed by atoms with van der Waals surface area (Å²) < 4.78 is 1.84. The third-order valence-electron chi connectivity index (χ3n) is 5.06. The maximum Gasteiger partial charge on any atom is 0.315 e. The van der Waals surface area contributed by atoms with Crippen LogP contribution in [0.25, 0.3) is 0 Å². The minimum atomic E-state index is -0.218. The first-order valence-electron chi connectivity index (χ1n) is 9.26.